The Kier molecular flexibility index (Phi) is 5.64. The molecule has 1 saturated heterocycles. The lowest BCUT2D eigenvalue weighted by atomic mass is 9.82. The smallest absolute Gasteiger partial charge is 0.321 e. The summed E-state index contributed by atoms with van der Waals surface area (Å²) >= 11 is 0. The second-order valence-corrected chi connectivity index (χ2v) is 9.55. The topological polar surface area (TPSA) is 88.7 Å². The first kappa shape index (κ1) is 22.3. The van der Waals surface area contributed by atoms with Crippen LogP contribution >= 0.6 is 0 Å². The second-order valence-electron chi connectivity index (χ2n) is 9.55. The number of pyridine rings is 1. The summed E-state index contributed by atoms with van der Waals surface area (Å²) in [6, 6.07) is 20.6. The number of amides is 2. The molecule has 2 bridgehead atoms. The Hall–Kier alpha value is -4.20. The maximum Gasteiger partial charge on any atom is 0.321 e. The Morgan fingerprint density at radius 1 is 1.06 bits per heavy atom. The highest BCUT2D eigenvalue weighted by molar-refractivity contribution is 5.89. The van der Waals surface area contributed by atoms with E-state index in [9.17, 15) is 9.59 Å². The number of likely N-dealkylation sites (tertiary alicyclic amines) is 1. The molecule has 2 aliphatic rings. The van der Waals surface area contributed by atoms with Crippen LogP contribution in [-0.4, -0.2) is 35.7 Å². The molecule has 2 aromatic heterocycles. The van der Waals surface area contributed by atoms with Crippen molar-refractivity contribution in [3.63, 3.8) is 0 Å². The van der Waals surface area contributed by atoms with Gasteiger partial charge in [0.1, 0.15) is 17.1 Å². The number of hydrogen-bond acceptors (Lipinski definition) is 5. The molecule has 4 aromatic rings. The monoisotopic (exact) mass is 484 g/mol. The third kappa shape index (κ3) is 4.19. The average molecular weight is 485 g/mol. The third-order valence-electron chi connectivity index (χ3n) is 7.15. The summed E-state index contributed by atoms with van der Waals surface area (Å²) in [4.78, 5) is 27.7. The first-order valence-corrected chi connectivity index (χ1v) is 12.2. The molecule has 2 aliphatic heterocycles. The van der Waals surface area contributed by atoms with Crippen molar-refractivity contribution < 1.29 is 13.9 Å². The second kappa shape index (κ2) is 9.11. The van der Waals surface area contributed by atoms with Crippen LogP contribution < -0.4 is 20.9 Å². The molecule has 0 spiro atoms. The number of nitrogens with zero attached hydrogens (tertiary/aromatic N) is 2. The number of carbonyl (C=O) groups is 1. The van der Waals surface area contributed by atoms with E-state index in [1.807, 2.05) is 70.1 Å². The molecule has 0 radical (unpaired) electrons. The molecule has 1 fully saturated rings. The quantitative estimate of drug-likeness (QED) is 0.422. The zero-order chi connectivity index (χ0) is 24.6. The molecule has 184 valence electrons. The van der Waals surface area contributed by atoms with E-state index in [0.717, 1.165) is 46.0 Å². The van der Waals surface area contributed by atoms with Gasteiger partial charge in [0, 0.05) is 48.4 Å². The van der Waals surface area contributed by atoms with Crippen LogP contribution in [0, 0.1) is 5.92 Å². The number of para-hydroxylation sites is 1. The summed E-state index contributed by atoms with van der Waals surface area (Å²) < 4.78 is 13.0. The normalized spacial score (nSPS) is 18.5. The van der Waals surface area contributed by atoms with Crippen LogP contribution in [0.4, 0.5) is 16.2 Å². The van der Waals surface area contributed by atoms with Crippen LogP contribution in [0.15, 0.2) is 75.9 Å². The lowest BCUT2D eigenvalue weighted by Gasteiger charge is -2.43. The minimum absolute atomic E-state index is 0.00474. The summed E-state index contributed by atoms with van der Waals surface area (Å²) in [7, 11) is 1.61. The van der Waals surface area contributed by atoms with Crippen LogP contribution in [0.2, 0.25) is 0 Å². The Labute approximate surface area is 208 Å². The van der Waals surface area contributed by atoms with Crippen LogP contribution in [0.5, 0.6) is 5.75 Å². The molecule has 4 heterocycles. The number of hydrogen-bond donors (Lipinski definition) is 2. The SMILES string of the molecule is COc1ccc(NC(=O)N2C[C@H]3C[C@H](C2)c2c(NCc4cc5ccccc5o4)ccc(=O)n2C3)cc1. The standard InChI is InChI=1S/C28H28N4O4/c1-35-22-8-6-21(7-9-22)30-28(34)31-15-18-12-20(17-31)27-24(10-11-26(33)32(27)16-18)29-14-23-13-19-4-2-3-5-25(19)36-23/h2-11,13,18,20,29H,12,14-17H2,1H3,(H,30,34)/t18-,20-/m1/s1. The number of nitrogens with one attached hydrogen (secondary N) is 2. The van der Waals surface area contributed by atoms with E-state index in [2.05, 4.69) is 10.6 Å². The zero-order valence-corrected chi connectivity index (χ0v) is 20.1. The highest BCUT2D eigenvalue weighted by Gasteiger charge is 2.37. The van der Waals surface area contributed by atoms with Gasteiger partial charge < -0.3 is 29.3 Å². The lowest BCUT2D eigenvalue weighted by Crippen LogP contribution is -2.50. The van der Waals surface area contributed by atoms with Gasteiger partial charge in [-0.15, -0.1) is 0 Å². The van der Waals surface area contributed by atoms with Gasteiger partial charge >= 0.3 is 6.03 Å². The number of fused-ring (bicyclic) bond motifs is 5. The number of benzene rings is 2. The molecule has 2 N–H and O–H groups in total. The van der Waals surface area contributed by atoms with Gasteiger partial charge in [0.15, 0.2) is 0 Å². The number of furan rings is 1. The predicted octanol–water partition coefficient (Wildman–Crippen LogP) is 4.87. The van der Waals surface area contributed by atoms with Crippen molar-refractivity contribution in [2.75, 3.05) is 30.8 Å². The van der Waals surface area contributed by atoms with Gasteiger partial charge in [-0.05, 0) is 54.8 Å². The minimum Gasteiger partial charge on any atom is -0.497 e. The fourth-order valence-electron chi connectivity index (χ4n) is 5.51. The maximum absolute atomic E-state index is 13.1. The largest absolute Gasteiger partial charge is 0.497 e. The van der Waals surface area contributed by atoms with Crippen LogP contribution in [0.3, 0.4) is 0 Å². The number of urea groups is 1. The van der Waals surface area contributed by atoms with Gasteiger partial charge in [-0.3, -0.25) is 4.79 Å². The summed E-state index contributed by atoms with van der Waals surface area (Å²) in [6.45, 7) is 2.30. The Bertz CT molecular complexity index is 1440. The number of carbonyl (C=O) groups excluding carboxylic acids is 1. The van der Waals surface area contributed by atoms with Crippen molar-refractivity contribution in [3.05, 3.63) is 88.5 Å². The molecule has 0 saturated carbocycles. The first-order chi connectivity index (χ1) is 17.6. The number of rotatable bonds is 5. The van der Waals surface area contributed by atoms with Crippen molar-refractivity contribution in [3.8, 4) is 5.75 Å². The number of ether oxygens (including phenoxy) is 1. The molecular weight excluding hydrogens is 456 g/mol. The van der Waals surface area contributed by atoms with E-state index in [-0.39, 0.29) is 23.4 Å². The van der Waals surface area contributed by atoms with Crippen molar-refractivity contribution in [2.24, 2.45) is 5.92 Å². The van der Waals surface area contributed by atoms with E-state index < -0.39 is 0 Å². The highest BCUT2D eigenvalue weighted by Crippen LogP contribution is 2.39. The van der Waals surface area contributed by atoms with E-state index in [1.54, 1.807) is 13.2 Å². The number of anilines is 2. The van der Waals surface area contributed by atoms with E-state index >= 15 is 0 Å². The van der Waals surface area contributed by atoms with E-state index in [1.165, 1.54) is 0 Å². The molecule has 8 heteroatoms. The number of piperidine rings is 1. The Morgan fingerprint density at radius 3 is 2.69 bits per heavy atom. The molecule has 0 aliphatic carbocycles. The van der Waals surface area contributed by atoms with Crippen molar-refractivity contribution in [1.82, 2.24) is 9.47 Å². The molecule has 6 rings (SSSR count). The summed E-state index contributed by atoms with van der Waals surface area (Å²) in [5, 5.41) is 7.55. The molecule has 8 nitrogen and oxygen atoms in total. The summed E-state index contributed by atoms with van der Waals surface area (Å²) in [5.74, 6) is 1.89. The van der Waals surface area contributed by atoms with Gasteiger partial charge in [0.05, 0.1) is 19.3 Å². The summed E-state index contributed by atoms with van der Waals surface area (Å²) in [5.41, 5.74) is 3.47. The van der Waals surface area contributed by atoms with Crippen LogP contribution in [-0.2, 0) is 13.1 Å². The van der Waals surface area contributed by atoms with Gasteiger partial charge in [-0.1, -0.05) is 18.2 Å². The van der Waals surface area contributed by atoms with E-state index in [4.69, 9.17) is 9.15 Å². The first-order valence-electron chi connectivity index (χ1n) is 12.2. The van der Waals surface area contributed by atoms with Gasteiger partial charge in [-0.2, -0.15) is 0 Å². The Balaban J connectivity index is 1.21. The third-order valence-corrected chi connectivity index (χ3v) is 7.15. The predicted molar refractivity (Wildman–Crippen MR) is 139 cm³/mol. The molecule has 2 aromatic carbocycles. The van der Waals surface area contributed by atoms with Crippen molar-refractivity contribution in [2.45, 2.75) is 25.4 Å². The highest BCUT2D eigenvalue weighted by atomic mass is 16.5. The molecule has 2 amide bonds. The van der Waals surface area contributed by atoms with Crippen molar-refractivity contribution in [1.29, 1.82) is 0 Å². The summed E-state index contributed by atoms with van der Waals surface area (Å²) in [6.07, 6.45) is 0.953. The molecule has 36 heavy (non-hydrogen) atoms. The van der Waals surface area contributed by atoms with E-state index in [0.29, 0.717) is 26.2 Å². The number of methoxy groups -OCH3 is 1. The maximum atomic E-state index is 13.1. The van der Waals surface area contributed by atoms with Crippen molar-refractivity contribution >= 4 is 28.4 Å². The lowest BCUT2D eigenvalue weighted by molar-refractivity contribution is 0.140. The zero-order valence-electron chi connectivity index (χ0n) is 20.1. The van der Waals surface area contributed by atoms with Gasteiger partial charge in [-0.25, -0.2) is 4.79 Å². The van der Waals surface area contributed by atoms with Crippen LogP contribution in [0.1, 0.15) is 23.8 Å². The minimum atomic E-state index is -0.127. The van der Waals surface area contributed by atoms with Crippen LogP contribution in [0.25, 0.3) is 11.0 Å². The average Bonchev–Trinajstić information content (AvgIpc) is 3.32. The number of aromatic nitrogens is 1. The van der Waals surface area contributed by atoms with Gasteiger partial charge in [0.2, 0.25) is 0 Å². The van der Waals surface area contributed by atoms with Gasteiger partial charge in [0.25, 0.3) is 5.56 Å². The molecule has 0 unspecified atom stereocenters. The fraction of sp³-hybridized carbons (Fsp3) is 0.286. The molecule has 2 atom stereocenters. The Morgan fingerprint density at radius 2 is 1.89 bits per heavy atom. The fourth-order valence-corrected chi connectivity index (χ4v) is 5.51. The molecular formula is C28H28N4O4.